The molecule has 1 saturated carbocycles. The highest BCUT2D eigenvalue weighted by Crippen LogP contribution is 2.37. The van der Waals surface area contributed by atoms with Crippen LogP contribution in [0.3, 0.4) is 0 Å². The number of benzene rings is 1. The van der Waals surface area contributed by atoms with Gasteiger partial charge in [0, 0.05) is 10.7 Å². The van der Waals surface area contributed by atoms with E-state index < -0.39 is 0 Å². The molecule has 0 atom stereocenters. The lowest BCUT2D eigenvalue weighted by Crippen LogP contribution is -2.25. The van der Waals surface area contributed by atoms with Crippen LogP contribution in [0, 0.1) is 12.8 Å². The predicted octanol–water partition coefficient (Wildman–Crippen LogP) is 5.92. The van der Waals surface area contributed by atoms with E-state index in [2.05, 4.69) is 42.3 Å². The second kappa shape index (κ2) is 7.34. The summed E-state index contributed by atoms with van der Waals surface area (Å²) in [6.07, 6.45) is 6.94. The standard InChI is InChI=1S/C23H26N4OS/c1-14-4-6-17(7-5-14)25-22-8-9-23-24-13-18(27(23)26-22)21-11-16-10-15(2)19(28-3)12-20(16)29-21/h8-14,17H,4-7H2,1-3H3,(H,25,26). The number of thiophene rings is 1. The number of ether oxygens (including phenoxy) is 1. The molecule has 0 saturated heterocycles. The molecule has 0 bridgehead atoms. The minimum atomic E-state index is 0.517. The molecule has 29 heavy (non-hydrogen) atoms. The lowest BCUT2D eigenvalue weighted by Gasteiger charge is -2.27. The lowest BCUT2D eigenvalue weighted by atomic mass is 9.87. The van der Waals surface area contributed by atoms with E-state index in [1.165, 1.54) is 35.8 Å². The summed E-state index contributed by atoms with van der Waals surface area (Å²) in [5.41, 5.74) is 3.04. The Morgan fingerprint density at radius 2 is 1.97 bits per heavy atom. The van der Waals surface area contributed by atoms with Crippen LogP contribution in [0.15, 0.2) is 36.5 Å². The second-order valence-electron chi connectivity index (χ2n) is 8.20. The first-order valence-electron chi connectivity index (χ1n) is 10.3. The maximum absolute atomic E-state index is 5.49. The Kier molecular flexibility index (Phi) is 4.66. The zero-order chi connectivity index (χ0) is 20.0. The Morgan fingerprint density at radius 1 is 1.14 bits per heavy atom. The molecule has 3 aromatic heterocycles. The van der Waals surface area contributed by atoms with Crippen molar-refractivity contribution in [3.8, 4) is 16.3 Å². The maximum Gasteiger partial charge on any atom is 0.154 e. The molecule has 1 N–H and O–H groups in total. The fourth-order valence-electron chi connectivity index (χ4n) is 4.26. The van der Waals surface area contributed by atoms with Gasteiger partial charge >= 0.3 is 0 Å². The highest BCUT2D eigenvalue weighted by atomic mass is 32.1. The Hall–Kier alpha value is -2.60. The molecule has 3 heterocycles. The Balaban J connectivity index is 1.49. The van der Waals surface area contributed by atoms with Crippen LogP contribution >= 0.6 is 11.3 Å². The summed E-state index contributed by atoms with van der Waals surface area (Å²) in [4.78, 5) is 5.73. The van der Waals surface area contributed by atoms with Crippen molar-refractivity contribution in [1.29, 1.82) is 0 Å². The van der Waals surface area contributed by atoms with Crippen molar-refractivity contribution in [2.24, 2.45) is 5.92 Å². The number of aromatic nitrogens is 3. The molecule has 1 aliphatic rings. The Bertz CT molecular complexity index is 1170. The van der Waals surface area contributed by atoms with Crippen LogP contribution < -0.4 is 10.1 Å². The molecule has 0 spiro atoms. The summed E-state index contributed by atoms with van der Waals surface area (Å²) in [6, 6.07) is 11.1. The highest BCUT2D eigenvalue weighted by Gasteiger charge is 2.19. The molecule has 5 nitrogen and oxygen atoms in total. The van der Waals surface area contributed by atoms with Crippen molar-refractivity contribution < 1.29 is 4.74 Å². The SMILES string of the molecule is COc1cc2sc(-c3cnc4ccc(NC5CCC(C)CC5)nn34)cc2cc1C. The summed E-state index contributed by atoms with van der Waals surface area (Å²) >= 11 is 1.75. The van der Waals surface area contributed by atoms with Crippen LogP contribution in [0.1, 0.15) is 38.2 Å². The summed E-state index contributed by atoms with van der Waals surface area (Å²) in [6.45, 7) is 4.43. The van der Waals surface area contributed by atoms with Gasteiger partial charge in [-0.25, -0.2) is 9.50 Å². The molecule has 1 aliphatic carbocycles. The Labute approximate surface area is 174 Å². The summed E-state index contributed by atoms with van der Waals surface area (Å²) in [5, 5.41) is 9.74. The van der Waals surface area contributed by atoms with Gasteiger partial charge in [0.15, 0.2) is 5.65 Å². The lowest BCUT2D eigenvalue weighted by molar-refractivity contribution is 0.360. The van der Waals surface area contributed by atoms with Gasteiger partial charge in [0.2, 0.25) is 0 Å². The first-order valence-corrected chi connectivity index (χ1v) is 11.1. The number of fused-ring (bicyclic) bond motifs is 2. The summed E-state index contributed by atoms with van der Waals surface area (Å²) in [5.74, 6) is 2.70. The van der Waals surface area contributed by atoms with E-state index >= 15 is 0 Å². The molecular weight excluding hydrogens is 380 g/mol. The quantitative estimate of drug-likeness (QED) is 0.457. The van der Waals surface area contributed by atoms with Crippen LogP contribution in [-0.2, 0) is 0 Å². The van der Waals surface area contributed by atoms with Crippen molar-refractivity contribution in [2.75, 3.05) is 12.4 Å². The monoisotopic (exact) mass is 406 g/mol. The highest BCUT2D eigenvalue weighted by molar-refractivity contribution is 7.22. The van der Waals surface area contributed by atoms with Gasteiger partial charge in [-0.15, -0.1) is 16.4 Å². The van der Waals surface area contributed by atoms with Gasteiger partial charge in [-0.2, -0.15) is 0 Å². The molecule has 0 unspecified atom stereocenters. The minimum absolute atomic E-state index is 0.517. The number of hydrogen-bond acceptors (Lipinski definition) is 5. The number of aryl methyl sites for hydroxylation is 1. The van der Waals surface area contributed by atoms with E-state index in [-0.39, 0.29) is 0 Å². The summed E-state index contributed by atoms with van der Waals surface area (Å²) < 4.78 is 8.66. The van der Waals surface area contributed by atoms with Crippen LogP contribution in [0.5, 0.6) is 5.75 Å². The van der Waals surface area contributed by atoms with Gasteiger partial charge in [0.25, 0.3) is 0 Å². The molecule has 150 valence electrons. The zero-order valence-electron chi connectivity index (χ0n) is 17.1. The number of hydrogen-bond donors (Lipinski definition) is 1. The molecule has 6 heteroatoms. The first kappa shape index (κ1) is 18.4. The van der Waals surface area contributed by atoms with Crippen LogP contribution in [0.2, 0.25) is 0 Å². The van der Waals surface area contributed by atoms with E-state index in [1.54, 1.807) is 18.4 Å². The molecular formula is C23H26N4OS. The van der Waals surface area contributed by atoms with Gasteiger partial charge in [0.1, 0.15) is 17.3 Å². The predicted molar refractivity (Wildman–Crippen MR) is 120 cm³/mol. The molecule has 0 radical (unpaired) electrons. The van der Waals surface area contributed by atoms with Gasteiger partial charge in [0.05, 0.1) is 18.2 Å². The summed E-state index contributed by atoms with van der Waals surface area (Å²) in [7, 11) is 1.72. The number of nitrogens with one attached hydrogen (secondary N) is 1. The third kappa shape index (κ3) is 3.46. The van der Waals surface area contributed by atoms with Crippen LogP contribution in [0.25, 0.3) is 26.3 Å². The Morgan fingerprint density at radius 3 is 2.76 bits per heavy atom. The van der Waals surface area contributed by atoms with Crippen molar-refractivity contribution >= 4 is 32.9 Å². The van der Waals surface area contributed by atoms with Crippen molar-refractivity contribution in [1.82, 2.24) is 14.6 Å². The van der Waals surface area contributed by atoms with Crippen molar-refractivity contribution in [3.63, 3.8) is 0 Å². The molecule has 0 amide bonds. The third-order valence-electron chi connectivity index (χ3n) is 6.02. The van der Waals surface area contributed by atoms with Crippen molar-refractivity contribution in [2.45, 2.75) is 45.6 Å². The number of methoxy groups -OCH3 is 1. The molecule has 1 aromatic carbocycles. The number of nitrogens with zero attached hydrogens (tertiary/aromatic N) is 3. The third-order valence-corrected chi connectivity index (χ3v) is 7.14. The van der Waals surface area contributed by atoms with Crippen LogP contribution in [0.4, 0.5) is 5.82 Å². The molecule has 4 aromatic rings. The fraction of sp³-hybridized carbons (Fsp3) is 0.391. The zero-order valence-corrected chi connectivity index (χ0v) is 17.9. The number of anilines is 1. The van der Waals surface area contributed by atoms with E-state index in [4.69, 9.17) is 9.84 Å². The topological polar surface area (TPSA) is 51.5 Å². The van der Waals surface area contributed by atoms with Crippen molar-refractivity contribution in [3.05, 3.63) is 42.1 Å². The average Bonchev–Trinajstić information content (AvgIpc) is 3.32. The van der Waals surface area contributed by atoms with Gasteiger partial charge in [-0.05, 0) is 79.8 Å². The first-order chi connectivity index (χ1) is 14.1. The number of imidazole rings is 1. The maximum atomic E-state index is 5.49. The average molecular weight is 407 g/mol. The second-order valence-corrected chi connectivity index (χ2v) is 9.29. The van der Waals surface area contributed by atoms with E-state index in [9.17, 15) is 0 Å². The van der Waals surface area contributed by atoms with E-state index in [0.29, 0.717) is 6.04 Å². The van der Waals surface area contributed by atoms with Gasteiger partial charge in [-0.1, -0.05) is 6.92 Å². The normalized spacial score (nSPS) is 19.7. The van der Waals surface area contributed by atoms with Gasteiger partial charge < -0.3 is 10.1 Å². The van der Waals surface area contributed by atoms with E-state index in [0.717, 1.165) is 39.3 Å². The fourth-order valence-corrected chi connectivity index (χ4v) is 5.33. The number of rotatable bonds is 4. The van der Waals surface area contributed by atoms with Crippen LogP contribution in [-0.4, -0.2) is 27.7 Å². The molecule has 5 rings (SSSR count). The van der Waals surface area contributed by atoms with E-state index in [1.807, 2.05) is 22.8 Å². The smallest absolute Gasteiger partial charge is 0.154 e. The minimum Gasteiger partial charge on any atom is -0.496 e. The molecule has 1 fully saturated rings. The van der Waals surface area contributed by atoms with Gasteiger partial charge in [-0.3, -0.25) is 0 Å². The molecule has 0 aliphatic heterocycles. The largest absolute Gasteiger partial charge is 0.496 e.